The first-order valence-electron chi connectivity index (χ1n) is 12.0. The summed E-state index contributed by atoms with van der Waals surface area (Å²) in [6, 6.07) is 9.91. The number of anilines is 1. The second kappa shape index (κ2) is 10.9. The van der Waals surface area contributed by atoms with Crippen LogP contribution in [0.4, 0.5) is 5.00 Å². The van der Waals surface area contributed by atoms with Crippen LogP contribution in [0.2, 0.25) is 0 Å². The minimum Gasteiger partial charge on any atom is -0.497 e. The Balaban J connectivity index is 1.62. The zero-order chi connectivity index (χ0) is 25.9. The molecule has 0 spiro atoms. The third kappa shape index (κ3) is 5.48. The molecule has 0 saturated carbocycles. The van der Waals surface area contributed by atoms with E-state index in [2.05, 4.69) is 37.1 Å². The van der Waals surface area contributed by atoms with Crippen molar-refractivity contribution >= 4 is 39.2 Å². The van der Waals surface area contributed by atoms with Crippen LogP contribution in [0.25, 0.3) is 16.8 Å². The van der Waals surface area contributed by atoms with Gasteiger partial charge in [0.2, 0.25) is 0 Å². The van der Waals surface area contributed by atoms with Gasteiger partial charge in [0.1, 0.15) is 27.4 Å². The number of aromatic nitrogens is 1. The summed E-state index contributed by atoms with van der Waals surface area (Å²) in [5.41, 5.74) is 4.06. The number of allylic oxidation sites excluding steroid dienone is 1. The lowest BCUT2D eigenvalue weighted by Crippen LogP contribution is -2.26. The van der Waals surface area contributed by atoms with Crippen LogP contribution in [0.1, 0.15) is 59.9 Å². The molecule has 2 heterocycles. The lowest BCUT2D eigenvalue weighted by molar-refractivity contribution is 0.0526. The van der Waals surface area contributed by atoms with Gasteiger partial charge in [-0.15, -0.1) is 22.7 Å². The summed E-state index contributed by atoms with van der Waals surface area (Å²) < 4.78 is 10.6. The minimum absolute atomic E-state index is 0.208. The number of carbonyl (C=O) groups excluding carboxylic acids is 1. The topological polar surface area (TPSA) is 84.2 Å². The molecule has 1 unspecified atom stereocenters. The summed E-state index contributed by atoms with van der Waals surface area (Å²) in [7, 11) is 1.63. The van der Waals surface area contributed by atoms with Crippen LogP contribution in [-0.2, 0) is 17.6 Å². The number of nitrogens with zero attached hydrogens (tertiary/aromatic N) is 2. The highest BCUT2D eigenvalue weighted by Gasteiger charge is 2.34. The van der Waals surface area contributed by atoms with Gasteiger partial charge in [-0.25, -0.2) is 9.78 Å². The molecular weight excluding hydrogens is 490 g/mol. The molecule has 0 bridgehead atoms. The van der Waals surface area contributed by atoms with E-state index in [-0.39, 0.29) is 11.4 Å². The number of rotatable bonds is 7. The van der Waals surface area contributed by atoms with E-state index in [1.54, 1.807) is 24.6 Å². The Morgan fingerprint density at radius 3 is 2.69 bits per heavy atom. The van der Waals surface area contributed by atoms with Gasteiger partial charge in [0.15, 0.2) is 0 Å². The van der Waals surface area contributed by atoms with E-state index in [1.165, 1.54) is 16.2 Å². The number of fused-ring (bicyclic) bond motifs is 1. The number of carbonyl (C=O) groups is 1. The highest BCUT2D eigenvalue weighted by molar-refractivity contribution is 7.16. The third-order valence-electron chi connectivity index (χ3n) is 6.56. The van der Waals surface area contributed by atoms with E-state index in [1.807, 2.05) is 36.6 Å². The first-order valence-corrected chi connectivity index (χ1v) is 13.7. The Morgan fingerprint density at radius 1 is 1.31 bits per heavy atom. The first kappa shape index (κ1) is 25.9. The lowest BCUT2D eigenvalue weighted by atomic mass is 9.72. The molecule has 1 aromatic carbocycles. The molecule has 3 aromatic rings. The zero-order valence-electron chi connectivity index (χ0n) is 21.3. The van der Waals surface area contributed by atoms with Gasteiger partial charge in [-0.05, 0) is 67.3 Å². The number of benzene rings is 1. The number of nitriles is 1. The predicted octanol–water partition coefficient (Wildman–Crippen LogP) is 7.18. The van der Waals surface area contributed by atoms with Crippen LogP contribution < -0.4 is 10.1 Å². The van der Waals surface area contributed by atoms with Crippen LogP contribution in [0, 0.1) is 22.7 Å². The summed E-state index contributed by atoms with van der Waals surface area (Å²) in [6.07, 6.45) is 4.50. The predicted molar refractivity (Wildman–Crippen MR) is 147 cm³/mol. The maximum Gasteiger partial charge on any atom is 0.341 e. The third-order valence-corrected chi connectivity index (χ3v) is 8.62. The Labute approximate surface area is 220 Å². The maximum atomic E-state index is 12.9. The average molecular weight is 522 g/mol. The zero-order valence-corrected chi connectivity index (χ0v) is 22.9. The molecule has 8 heteroatoms. The second-order valence-electron chi connectivity index (χ2n) is 9.81. The van der Waals surface area contributed by atoms with E-state index < -0.39 is 0 Å². The van der Waals surface area contributed by atoms with Crippen LogP contribution >= 0.6 is 22.7 Å². The number of hydrogen-bond acceptors (Lipinski definition) is 8. The molecule has 36 heavy (non-hydrogen) atoms. The molecule has 1 aliphatic rings. The Morgan fingerprint density at radius 2 is 2.06 bits per heavy atom. The highest BCUT2D eigenvalue weighted by atomic mass is 32.1. The van der Waals surface area contributed by atoms with Crippen molar-refractivity contribution in [2.75, 3.05) is 19.0 Å². The fourth-order valence-electron chi connectivity index (χ4n) is 4.42. The van der Waals surface area contributed by atoms with E-state index in [0.29, 0.717) is 28.7 Å². The van der Waals surface area contributed by atoms with E-state index in [4.69, 9.17) is 9.47 Å². The fraction of sp³-hybridized carbons (Fsp3) is 0.393. The normalized spacial score (nSPS) is 15.7. The van der Waals surface area contributed by atoms with Crippen molar-refractivity contribution in [2.24, 2.45) is 11.3 Å². The molecule has 0 aliphatic heterocycles. The molecule has 6 nitrogen and oxygen atoms in total. The number of methoxy groups -OCH3 is 1. The molecule has 4 rings (SSSR count). The number of ether oxygens (including phenoxy) is 2. The largest absolute Gasteiger partial charge is 0.497 e. The van der Waals surface area contributed by atoms with Gasteiger partial charge in [-0.1, -0.05) is 20.8 Å². The molecular formula is C28H31N3O3S2. The summed E-state index contributed by atoms with van der Waals surface area (Å²) in [6.45, 7) is 8.96. The van der Waals surface area contributed by atoms with Crippen LogP contribution in [0.5, 0.6) is 5.75 Å². The van der Waals surface area contributed by atoms with Gasteiger partial charge in [0.05, 0.1) is 25.0 Å². The monoisotopic (exact) mass is 521 g/mol. The lowest BCUT2D eigenvalue weighted by Gasteiger charge is -2.33. The van der Waals surface area contributed by atoms with Crippen molar-refractivity contribution in [1.82, 2.24) is 4.98 Å². The van der Waals surface area contributed by atoms with Gasteiger partial charge >= 0.3 is 5.97 Å². The van der Waals surface area contributed by atoms with E-state index >= 15 is 0 Å². The van der Waals surface area contributed by atoms with E-state index in [0.717, 1.165) is 46.8 Å². The standard InChI is InChI=1S/C28H31N3O3S2/c1-6-34-27(32)24-21-12-9-19(28(2,3)4)13-23(21)36-26(24)30-15-18(14-29)25-31-22(16-35-25)17-7-10-20(33-5)11-8-17/h7-8,10-11,15-16,19,30H,6,9,12-13H2,1-5H3. The first-order chi connectivity index (χ1) is 17.2. The van der Waals surface area contributed by atoms with Crippen molar-refractivity contribution in [1.29, 1.82) is 5.26 Å². The molecule has 2 aromatic heterocycles. The van der Waals surface area contributed by atoms with E-state index in [9.17, 15) is 10.1 Å². The minimum atomic E-state index is -0.311. The van der Waals surface area contributed by atoms with Crippen molar-refractivity contribution in [3.8, 4) is 23.1 Å². The molecule has 1 N–H and O–H groups in total. The summed E-state index contributed by atoms with van der Waals surface area (Å²) in [4.78, 5) is 18.8. The molecule has 0 radical (unpaired) electrons. The molecule has 0 amide bonds. The quantitative estimate of drug-likeness (QED) is 0.262. The Hall–Kier alpha value is -3.15. The molecule has 0 fully saturated rings. The number of thiazole rings is 1. The number of thiophene rings is 1. The van der Waals surface area contributed by atoms with Crippen molar-refractivity contribution in [3.63, 3.8) is 0 Å². The second-order valence-corrected chi connectivity index (χ2v) is 11.8. The maximum absolute atomic E-state index is 12.9. The fourth-order valence-corrected chi connectivity index (χ4v) is 6.50. The SMILES string of the molecule is CCOC(=O)c1c(NC=C(C#N)c2nc(-c3ccc(OC)cc3)cs2)sc2c1CCC(C(C)(C)C)C2. The molecule has 0 saturated heterocycles. The van der Waals surface area contributed by atoms with Gasteiger partial charge in [-0.2, -0.15) is 5.26 Å². The number of nitrogens with one attached hydrogen (secondary N) is 1. The number of hydrogen-bond donors (Lipinski definition) is 1. The Bertz CT molecular complexity index is 1310. The van der Waals surface area contributed by atoms with Crippen molar-refractivity contribution in [3.05, 3.63) is 56.9 Å². The van der Waals surface area contributed by atoms with Crippen LogP contribution in [-0.4, -0.2) is 24.7 Å². The Kier molecular flexibility index (Phi) is 7.82. The molecule has 1 atom stereocenters. The highest BCUT2D eigenvalue weighted by Crippen LogP contribution is 2.44. The molecule has 1 aliphatic carbocycles. The van der Waals surface area contributed by atoms with Gasteiger partial charge in [-0.3, -0.25) is 0 Å². The van der Waals surface area contributed by atoms with Crippen molar-refractivity contribution < 1.29 is 14.3 Å². The summed E-state index contributed by atoms with van der Waals surface area (Å²) in [5.74, 6) is 1.03. The van der Waals surface area contributed by atoms with Crippen LogP contribution in [0.15, 0.2) is 35.8 Å². The smallest absolute Gasteiger partial charge is 0.341 e. The van der Waals surface area contributed by atoms with Crippen LogP contribution in [0.3, 0.4) is 0 Å². The summed E-state index contributed by atoms with van der Waals surface area (Å²) in [5, 5.41) is 16.4. The average Bonchev–Trinajstić information content (AvgIpc) is 3.49. The van der Waals surface area contributed by atoms with Gasteiger partial charge in [0.25, 0.3) is 0 Å². The summed E-state index contributed by atoms with van der Waals surface area (Å²) >= 11 is 3.00. The molecule has 188 valence electrons. The van der Waals surface area contributed by atoms with Gasteiger partial charge < -0.3 is 14.8 Å². The van der Waals surface area contributed by atoms with Crippen molar-refractivity contribution in [2.45, 2.75) is 47.0 Å². The number of esters is 1. The van der Waals surface area contributed by atoms with Gasteiger partial charge in [0, 0.05) is 22.0 Å².